The highest BCUT2D eigenvalue weighted by Gasteiger charge is 2.24. The maximum absolute atomic E-state index is 13.0. The van der Waals surface area contributed by atoms with Crippen molar-refractivity contribution in [3.8, 4) is 17.7 Å². The number of aromatic hydroxyl groups is 1. The summed E-state index contributed by atoms with van der Waals surface area (Å²) >= 11 is 0. The van der Waals surface area contributed by atoms with Crippen molar-refractivity contribution in [2.45, 2.75) is 34.2 Å². The van der Waals surface area contributed by atoms with Gasteiger partial charge >= 0.3 is 0 Å². The summed E-state index contributed by atoms with van der Waals surface area (Å²) in [5, 5.41) is 20.3. The predicted octanol–water partition coefficient (Wildman–Crippen LogP) is 3.97. The van der Waals surface area contributed by atoms with Crippen LogP contribution < -0.4 is 10.3 Å². The maximum atomic E-state index is 13.0. The molecule has 158 valence electrons. The minimum atomic E-state index is -0.635. The van der Waals surface area contributed by atoms with Crippen LogP contribution in [0.4, 0.5) is 0 Å². The summed E-state index contributed by atoms with van der Waals surface area (Å²) < 4.78 is 6.83. The molecule has 0 unspecified atom stereocenters. The molecular weight excluding hydrogens is 392 g/mol. The first kappa shape index (κ1) is 21.8. The molecule has 0 aliphatic heterocycles. The van der Waals surface area contributed by atoms with E-state index in [1.165, 1.54) is 6.92 Å². The van der Waals surface area contributed by atoms with E-state index in [9.17, 15) is 20.0 Å². The molecule has 0 fully saturated rings. The van der Waals surface area contributed by atoms with Gasteiger partial charge in [0, 0.05) is 0 Å². The van der Waals surface area contributed by atoms with Crippen molar-refractivity contribution in [2.75, 3.05) is 6.61 Å². The molecule has 0 saturated carbocycles. The molecule has 0 bridgehead atoms. The Hall–Kier alpha value is -3.85. The number of carbonyl (C=O) groups is 1. The van der Waals surface area contributed by atoms with Crippen LogP contribution in [0, 0.1) is 39.0 Å². The lowest BCUT2D eigenvalue weighted by molar-refractivity contribution is 0.0915. The number of rotatable bonds is 6. The molecule has 0 aliphatic rings. The Balaban J connectivity index is 2.00. The molecular formula is C25H24N2O4. The first-order valence-corrected chi connectivity index (χ1v) is 9.88. The first-order chi connectivity index (χ1) is 14.7. The summed E-state index contributed by atoms with van der Waals surface area (Å²) in [6.45, 7) is 6.98. The third-order valence-corrected chi connectivity index (χ3v) is 5.21. The molecule has 0 radical (unpaired) electrons. The van der Waals surface area contributed by atoms with E-state index in [1.54, 1.807) is 12.1 Å². The number of Topliss-reactive ketones (excluding diaryl/α,β-unsaturated/α-hetero) is 1. The summed E-state index contributed by atoms with van der Waals surface area (Å²) in [7, 11) is 0. The summed E-state index contributed by atoms with van der Waals surface area (Å²) in [4.78, 5) is 25.8. The zero-order chi connectivity index (χ0) is 22.7. The number of aromatic nitrogens is 1. The Bertz CT molecular complexity index is 1230. The van der Waals surface area contributed by atoms with Gasteiger partial charge in [-0.2, -0.15) is 5.26 Å². The normalized spacial score (nSPS) is 10.5. The van der Waals surface area contributed by atoms with Crippen LogP contribution in [0.5, 0.6) is 11.6 Å². The van der Waals surface area contributed by atoms with E-state index in [1.807, 2.05) is 57.2 Å². The zero-order valence-corrected chi connectivity index (χ0v) is 18.0. The molecule has 3 aromatic rings. The van der Waals surface area contributed by atoms with E-state index in [2.05, 4.69) is 0 Å². The van der Waals surface area contributed by atoms with E-state index >= 15 is 0 Å². The number of nitrogens with zero attached hydrogens (tertiary/aromatic N) is 2. The smallest absolute Gasteiger partial charge is 0.271 e. The minimum absolute atomic E-state index is 0.0395. The molecule has 0 aliphatic carbocycles. The quantitative estimate of drug-likeness (QED) is 0.614. The predicted molar refractivity (Wildman–Crippen MR) is 118 cm³/mol. The van der Waals surface area contributed by atoms with Crippen LogP contribution in [-0.4, -0.2) is 22.1 Å². The molecule has 1 aromatic heterocycles. The van der Waals surface area contributed by atoms with Gasteiger partial charge in [0.2, 0.25) is 11.7 Å². The molecule has 0 atom stereocenters. The molecule has 0 saturated heterocycles. The lowest BCUT2D eigenvalue weighted by Gasteiger charge is -2.17. The Labute approximate surface area is 181 Å². The van der Waals surface area contributed by atoms with Crippen molar-refractivity contribution >= 4 is 5.78 Å². The summed E-state index contributed by atoms with van der Waals surface area (Å²) in [6.07, 6.45) is 0. The molecule has 0 spiro atoms. The highest BCUT2D eigenvalue weighted by molar-refractivity contribution is 6.01. The number of carbonyl (C=O) groups excluding carboxylic acids is 1. The Morgan fingerprint density at radius 3 is 2.29 bits per heavy atom. The first-order valence-electron chi connectivity index (χ1n) is 9.88. The van der Waals surface area contributed by atoms with Gasteiger partial charge in [0.05, 0.1) is 12.1 Å². The van der Waals surface area contributed by atoms with Gasteiger partial charge in [-0.05, 0) is 49.9 Å². The van der Waals surface area contributed by atoms with Gasteiger partial charge in [-0.15, -0.1) is 0 Å². The fourth-order valence-corrected chi connectivity index (χ4v) is 3.80. The Morgan fingerprint density at radius 1 is 1.10 bits per heavy atom. The second kappa shape index (κ2) is 8.88. The van der Waals surface area contributed by atoms with Crippen LogP contribution in [0.3, 0.4) is 0 Å². The Morgan fingerprint density at radius 2 is 1.71 bits per heavy atom. The van der Waals surface area contributed by atoms with Crippen molar-refractivity contribution < 1.29 is 14.6 Å². The van der Waals surface area contributed by atoms with E-state index in [-0.39, 0.29) is 29.8 Å². The number of hydrogen-bond acceptors (Lipinski definition) is 5. The van der Waals surface area contributed by atoms with Crippen LogP contribution in [0.25, 0.3) is 0 Å². The monoisotopic (exact) mass is 416 g/mol. The van der Waals surface area contributed by atoms with Gasteiger partial charge in [-0.25, -0.2) is 0 Å². The number of nitriles is 1. The number of hydrogen-bond donors (Lipinski definition) is 1. The molecule has 2 aromatic carbocycles. The van der Waals surface area contributed by atoms with E-state index in [0.717, 1.165) is 26.8 Å². The largest absolute Gasteiger partial charge is 0.494 e. The third-order valence-electron chi connectivity index (χ3n) is 5.21. The van der Waals surface area contributed by atoms with Gasteiger partial charge in [0.15, 0.2) is 6.61 Å². The average molecular weight is 416 g/mol. The lowest BCUT2D eigenvalue weighted by atomic mass is 10.0. The van der Waals surface area contributed by atoms with Gasteiger partial charge in [-0.1, -0.05) is 48.0 Å². The molecule has 6 nitrogen and oxygen atoms in total. The van der Waals surface area contributed by atoms with Crippen LogP contribution in [0.2, 0.25) is 0 Å². The second-order valence-electron chi connectivity index (χ2n) is 7.63. The van der Waals surface area contributed by atoms with Crippen molar-refractivity contribution in [2.24, 2.45) is 0 Å². The molecule has 31 heavy (non-hydrogen) atoms. The number of ketones is 1. The highest BCUT2D eigenvalue weighted by atomic mass is 16.5. The van der Waals surface area contributed by atoms with E-state index < -0.39 is 17.2 Å². The maximum Gasteiger partial charge on any atom is 0.271 e. The zero-order valence-electron chi connectivity index (χ0n) is 18.0. The fourth-order valence-electron chi connectivity index (χ4n) is 3.80. The second-order valence-corrected chi connectivity index (χ2v) is 7.63. The highest BCUT2D eigenvalue weighted by Crippen LogP contribution is 2.27. The van der Waals surface area contributed by atoms with E-state index in [0.29, 0.717) is 5.75 Å². The number of ether oxygens (including phenoxy) is 1. The van der Waals surface area contributed by atoms with Crippen molar-refractivity contribution in [3.63, 3.8) is 0 Å². The lowest BCUT2D eigenvalue weighted by Crippen LogP contribution is -2.28. The van der Waals surface area contributed by atoms with Gasteiger partial charge in [-0.3, -0.25) is 14.2 Å². The molecule has 1 N–H and O–H groups in total. The molecule has 6 heteroatoms. The SMILES string of the molecule is Cc1cc(C)c(OCC(=O)c2c(C)c(C#N)c(=O)n(Cc3ccccc3)c2O)c(C)c1. The number of aryl methyl sites for hydroxylation is 3. The van der Waals surface area contributed by atoms with Crippen LogP contribution in [-0.2, 0) is 6.54 Å². The average Bonchev–Trinajstić information content (AvgIpc) is 2.71. The van der Waals surface area contributed by atoms with Crippen LogP contribution in [0.1, 0.15) is 43.7 Å². The van der Waals surface area contributed by atoms with Crippen LogP contribution in [0.15, 0.2) is 47.3 Å². The summed E-state index contributed by atoms with van der Waals surface area (Å²) in [5.74, 6) is -0.363. The third kappa shape index (κ3) is 4.36. The number of pyridine rings is 1. The van der Waals surface area contributed by atoms with Crippen molar-refractivity contribution in [3.05, 3.63) is 91.8 Å². The van der Waals surface area contributed by atoms with Gasteiger partial charge in [0.1, 0.15) is 17.4 Å². The molecule has 1 heterocycles. The van der Waals surface area contributed by atoms with E-state index in [4.69, 9.17) is 4.74 Å². The van der Waals surface area contributed by atoms with Crippen LogP contribution >= 0.6 is 0 Å². The standard InChI is InChI=1S/C25H24N2O4/c1-15-10-16(2)23(17(3)11-15)31-14-21(28)22-18(4)20(12-26)24(29)27(25(22)30)13-19-8-6-5-7-9-19/h5-11,30H,13-14H2,1-4H3. The summed E-state index contributed by atoms with van der Waals surface area (Å²) in [6, 6.07) is 14.8. The molecule has 0 amide bonds. The van der Waals surface area contributed by atoms with Gasteiger partial charge < -0.3 is 9.84 Å². The van der Waals surface area contributed by atoms with Crippen molar-refractivity contribution in [1.82, 2.24) is 4.57 Å². The summed E-state index contributed by atoms with van der Waals surface area (Å²) in [5.41, 5.74) is 2.93. The Kier molecular flexibility index (Phi) is 6.26. The van der Waals surface area contributed by atoms with Crippen molar-refractivity contribution in [1.29, 1.82) is 5.26 Å². The topological polar surface area (TPSA) is 92.3 Å². The number of benzene rings is 2. The minimum Gasteiger partial charge on any atom is -0.494 e. The fraction of sp³-hybridized carbons (Fsp3) is 0.240. The molecule has 3 rings (SSSR count). The van der Waals surface area contributed by atoms with Gasteiger partial charge in [0.25, 0.3) is 5.56 Å².